The van der Waals surface area contributed by atoms with E-state index in [0.717, 1.165) is 18.4 Å². The molecular weight excluding hydrogens is 871 g/mol. The number of carbonyl (C=O) groups excluding carboxylic acids is 7. The van der Waals surface area contributed by atoms with E-state index in [1.807, 2.05) is 83.8 Å². The number of hydrogen-bond acceptors (Lipinski definition) is 11. The van der Waals surface area contributed by atoms with E-state index in [-0.39, 0.29) is 78.0 Å². The highest BCUT2D eigenvalue weighted by Gasteiger charge is 2.64. The fourth-order valence-corrected chi connectivity index (χ4v) is 10.7. The van der Waals surface area contributed by atoms with Crippen molar-refractivity contribution in [1.29, 1.82) is 0 Å². The molecule has 4 aliphatic rings. The molecular formula is C51H79N7O10. The van der Waals surface area contributed by atoms with Gasteiger partial charge in [0.05, 0.1) is 49.3 Å². The highest BCUT2D eigenvalue weighted by Crippen LogP contribution is 2.53. The number of carbonyl (C=O) groups is 7. The molecule has 2 saturated heterocycles. The SMILES string of the molecule is CCC(C)C(C(CC(=O)N1CCC[C@H]1C(OC)C(C)C(=O)N[C@@]1(C(=O)N2CCCCO2)C[C@@H]1c1ccccc1)OC)N(C)C(=O)C(NC(=O)C(C(C)C)N(C)CCCN1C(=O)C=CC1=O)C(C)C. The summed E-state index contributed by atoms with van der Waals surface area (Å²) in [4.78, 5) is 108. The minimum atomic E-state index is -1.16. The van der Waals surface area contributed by atoms with E-state index in [1.165, 1.54) is 22.1 Å². The Kier molecular flexibility index (Phi) is 19.3. The molecule has 0 bridgehead atoms. The van der Waals surface area contributed by atoms with Gasteiger partial charge >= 0.3 is 0 Å². The lowest BCUT2D eigenvalue weighted by molar-refractivity contribution is -0.200. The zero-order valence-electron chi connectivity index (χ0n) is 42.4. The monoisotopic (exact) mass is 950 g/mol. The molecule has 1 saturated carbocycles. The molecule has 1 aromatic carbocycles. The second-order valence-electron chi connectivity index (χ2n) is 20.1. The Bertz CT molecular complexity index is 1940. The van der Waals surface area contributed by atoms with Crippen LogP contribution in [0.4, 0.5) is 0 Å². The summed E-state index contributed by atoms with van der Waals surface area (Å²) in [5.41, 5.74) is -0.195. The number of likely N-dealkylation sites (N-methyl/N-ethyl adjacent to an activating group) is 2. The van der Waals surface area contributed by atoms with E-state index < -0.39 is 47.8 Å². The molecule has 3 fully saturated rings. The van der Waals surface area contributed by atoms with Gasteiger partial charge in [-0.3, -0.25) is 48.2 Å². The average Bonchev–Trinajstić information content (AvgIpc) is 3.67. The summed E-state index contributed by atoms with van der Waals surface area (Å²) in [6, 6.07) is 7.27. The molecule has 0 radical (unpaired) electrons. The maximum Gasteiger partial charge on any atom is 0.272 e. The Morgan fingerprint density at radius 2 is 1.56 bits per heavy atom. The van der Waals surface area contributed by atoms with Gasteiger partial charge in [-0.25, -0.2) is 5.06 Å². The molecule has 0 spiro atoms. The van der Waals surface area contributed by atoms with Crippen LogP contribution in [-0.2, 0) is 47.9 Å². The molecule has 1 aromatic rings. The van der Waals surface area contributed by atoms with Gasteiger partial charge in [0.15, 0.2) is 0 Å². The third kappa shape index (κ3) is 12.4. The van der Waals surface area contributed by atoms with E-state index in [4.69, 9.17) is 14.3 Å². The second-order valence-corrected chi connectivity index (χ2v) is 20.1. The first kappa shape index (κ1) is 54.2. The molecule has 68 heavy (non-hydrogen) atoms. The van der Waals surface area contributed by atoms with Crippen LogP contribution in [0.2, 0.25) is 0 Å². The lowest BCUT2D eigenvalue weighted by Crippen LogP contribution is -2.60. The number of rotatable bonds is 24. The van der Waals surface area contributed by atoms with E-state index in [9.17, 15) is 33.6 Å². The predicted octanol–water partition coefficient (Wildman–Crippen LogP) is 3.92. The predicted molar refractivity (Wildman–Crippen MR) is 256 cm³/mol. The van der Waals surface area contributed by atoms with Crippen LogP contribution in [0.1, 0.15) is 111 Å². The standard InChI is InChI=1S/C51H79N7O10/c1-12-34(6)45(55(9)49(64)43(32(2)3)52-48(63)44(33(4)5)54(8)25-19-27-57-40(59)23-24-41(57)60)39(66-10)30-42(61)56-26-18-22-38(56)46(67-11)35(7)47(62)53-51(50(65)58-28-16-17-29-68-58)31-37(51)36-20-14-13-15-21-36/h13-15,20-21,23-24,32-35,37-39,43-46H,12,16-19,22,25-31H2,1-11H3,(H,52,63)(H,53,62)/t34?,35?,37-,38+,39?,43?,44?,45?,46?,51+/m1/s1. The van der Waals surface area contributed by atoms with E-state index in [1.54, 1.807) is 38.0 Å². The second kappa shape index (κ2) is 24.2. The molecule has 10 atom stereocenters. The molecule has 3 heterocycles. The summed E-state index contributed by atoms with van der Waals surface area (Å²) in [6.07, 6.45) is 5.69. The van der Waals surface area contributed by atoms with Crippen LogP contribution < -0.4 is 10.6 Å². The number of amides is 7. The smallest absolute Gasteiger partial charge is 0.272 e. The van der Waals surface area contributed by atoms with Crippen molar-refractivity contribution in [2.24, 2.45) is 23.7 Å². The number of nitrogens with zero attached hydrogens (tertiary/aromatic N) is 5. The van der Waals surface area contributed by atoms with Crippen molar-refractivity contribution in [2.75, 3.05) is 61.1 Å². The first-order valence-electron chi connectivity index (χ1n) is 24.8. The van der Waals surface area contributed by atoms with Crippen LogP contribution >= 0.6 is 0 Å². The fraction of sp³-hybridized carbons (Fsp3) is 0.706. The van der Waals surface area contributed by atoms with Gasteiger partial charge in [-0.05, 0) is 68.9 Å². The zero-order chi connectivity index (χ0) is 50.0. The number of hydrogen-bond donors (Lipinski definition) is 2. The van der Waals surface area contributed by atoms with Crippen molar-refractivity contribution in [3.63, 3.8) is 0 Å². The molecule has 17 nitrogen and oxygen atoms in total. The Labute approximate surface area is 403 Å². The number of methoxy groups -OCH3 is 2. The van der Waals surface area contributed by atoms with Gasteiger partial charge in [-0.2, -0.15) is 0 Å². The van der Waals surface area contributed by atoms with Gasteiger partial charge in [0, 0.05) is 65.5 Å². The van der Waals surface area contributed by atoms with Gasteiger partial charge in [0.2, 0.25) is 23.6 Å². The summed E-state index contributed by atoms with van der Waals surface area (Å²) in [7, 11) is 6.62. The highest BCUT2D eigenvalue weighted by molar-refractivity contribution is 6.12. The molecule has 2 N–H and O–H groups in total. The van der Waals surface area contributed by atoms with Crippen LogP contribution in [0.3, 0.4) is 0 Å². The molecule has 3 aliphatic heterocycles. The zero-order valence-corrected chi connectivity index (χ0v) is 42.4. The summed E-state index contributed by atoms with van der Waals surface area (Å²) >= 11 is 0. The number of ether oxygens (including phenoxy) is 2. The largest absolute Gasteiger partial charge is 0.379 e. The third-order valence-electron chi connectivity index (χ3n) is 14.8. The van der Waals surface area contributed by atoms with Gasteiger partial charge in [-0.15, -0.1) is 0 Å². The van der Waals surface area contributed by atoms with Gasteiger partial charge in [-0.1, -0.05) is 85.2 Å². The van der Waals surface area contributed by atoms with Gasteiger partial charge < -0.3 is 29.9 Å². The van der Waals surface area contributed by atoms with Crippen LogP contribution in [-0.4, -0.2) is 169 Å². The quantitative estimate of drug-likeness (QED) is 0.143. The average molecular weight is 950 g/mol. The molecule has 7 unspecified atom stereocenters. The fourth-order valence-electron chi connectivity index (χ4n) is 10.7. The van der Waals surface area contributed by atoms with Crippen LogP contribution in [0.15, 0.2) is 42.5 Å². The van der Waals surface area contributed by atoms with Crippen molar-refractivity contribution in [3.05, 3.63) is 48.0 Å². The van der Waals surface area contributed by atoms with Crippen LogP contribution in [0.25, 0.3) is 0 Å². The Morgan fingerprint density at radius 1 is 0.882 bits per heavy atom. The molecule has 378 valence electrons. The van der Waals surface area contributed by atoms with Gasteiger partial charge in [0.25, 0.3) is 17.7 Å². The molecule has 17 heteroatoms. The third-order valence-corrected chi connectivity index (χ3v) is 14.8. The Hall–Kier alpha value is -4.71. The normalized spacial score (nSPS) is 23.6. The lowest BCUT2D eigenvalue weighted by Gasteiger charge is -2.41. The van der Waals surface area contributed by atoms with E-state index >= 15 is 0 Å². The van der Waals surface area contributed by atoms with Crippen LogP contribution in [0.5, 0.6) is 0 Å². The first-order valence-corrected chi connectivity index (χ1v) is 24.8. The number of benzene rings is 1. The Balaban J connectivity index is 1.26. The molecule has 0 aromatic heterocycles. The minimum absolute atomic E-state index is 0.0353. The summed E-state index contributed by atoms with van der Waals surface area (Å²) < 4.78 is 12.2. The molecule has 7 amide bonds. The minimum Gasteiger partial charge on any atom is -0.379 e. The topological polar surface area (TPSA) is 187 Å². The van der Waals surface area contributed by atoms with Crippen molar-refractivity contribution < 1.29 is 47.9 Å². The number of likely N-dealkylation sites (tertiary alicyclic amines) is 1. The van der Waals surface area contributed by atoms with Crippen molar-refractivity contribution in [1.82, 2.24) is 35.3 Å². The summed E-state index contributed by atoms with van der Waals surface area (Å²) in [5, 5.41) is 7.63. The summed E-state index contributed by atoms with van der Waals surface area (Å²) in [6.45, 7) is 15.5. The maximum absolute atomic E-state index is 14.6. The number of hydroxylamine groups is 2. The van der Waals surface area contributed by atoms with Crippen molar-refractivity contribution in [3.8, 4) is 0 Å². The highest BCUT2D eigenvalue weighted by atomic mass is 16.7. The van der Waals surface area contributed by atoms with Crippen molar-refractivity contribution in [2.45, 2.75) is 148 Å². The lowest BCUT2D eigenvalue weighted by atomic mass is 9.89. The Morgan fingerprint density at radius 3 is 2.13 bits per heavy atom. The van der Waals surface area contributed by atoms with Gasteiger partial charge in [0.1, 0.15) is 11.6 Å². The van der Waals surface area contributed by atoms with Crippen LogP contribution in [0, 0.1) is 23.7 Å². The molecule has 5 rings (SSSR count). The number of imide groups is 1. The van der Waals surface area contributed by atoms with E-state index in [2.05, 4.69) is 10.6 Å². The first-order chi connectivity index (χ1) is 32.3. The summed E-state index contributed by atoms with van der Waals surface area (Å²) in [5.74, 6) is -3.52. The van der Waals surface area contributed by atoms with E-state index in [0.29, 0.717) is 58.3 Å². The number of nitrogens with one attached hydrogen (secondary N) is 2. The molecule has 1 aliphatic carbocycles. The maximum atomic E-state index is 14.6. The van der Waals surface area contributed by atoms with Crippen molar-refractivity contribution >= 4 is 41.4 Å².